The van der Waals surface area contributed by atoms with Crippen molar-refractivity contribution in [2.24, 2.45) is 0 Å². The molecule has 0 aliphatic heterocycles. The normalized spacial score (nSPS) is 11.9. The molecule has 2 N–H and O–H groups in total. The van der Waals surface area contributed by atoms with Crippen molar-refractivity contribution in [1.82, 2.24) is 9.62 Å². The van der Waals surface area contributed by atoms with E-state index in [0.29, 0.717) is 12.2 Å². The lowest BCUT2D eigenvalue weighted by Crippen LogP contribution is -2.34. The number of nitrogens with one attached hydrogen (secondary N) is 2. The number of aryl methyl sites for hydroxylation is 1. The average molecular weight is 378 g/mol. The Bertz CT molecular complexity index is 549. The van der Waals surface area contributed by atoms with E-state index in [0.717, 1.165) is 36.0 Å². The zero-order valence-electron chi connectivity index (χ0n) is 12.8. The summed E-state index contributed by atoms with van der Waals surface area (Å²) in [5.41, 5.74) is 1.62. The summed E-state index contributed by atoms with van der Waals surface area (Å²) in [6.07, 6.45) is 1.87. The smallest absolute Gasteiger partial charge is 0.301 e. The highest BCUT2D eigenvalue weighted by Crippen LogP contribution is 2.21. The Kier molecular flexibility index (Phi) is 7.65. The lowest BCUT2D eigenvalue weighted by atomic mass is 10.2. The molecule has 7 heteroatoms. The van der Waals surface area contributed by atoms with Gasteiger partial charge in [-0.1, -0.05) is 28.9 Å². The maximum absolute atomic E-state index is 12.2. The minimum atomic E-state index is -3.50. The lowest BCUT2D eigenvalue weighted by Gasteiger charge is -2.18. The van der Waals surface area contributed by atoms with Crippen molar-refractivity contribution >= 4 is 31.8 Å². The van der Waals surface area contributed by atoms with Crippen LogP contribution in [0.1, 0.15) is 25.3 Å². The van der Waals surface area contributed by atoms with Gasteiger partial charge in [0.1, 0.15) is 0 Å². The van der Waals surface area contributed by atoms with Crippen molar-refractivity contribution in [2.75, 3.05) is 31.4 Å². The maximum Gasteiger partial charge on any atom is 0.301 e. The number of benzene rings is 1. The summed E-state index contributed by atoms with van der Waals surface area (Å²) in [5, 5.41) is 3.26. The summed E-state index contributed by atoms with van der Waals surface area (Å²) < 4.78 is 29.2. The van der Waals surface area contributed by atoms with Crippen LogP contribution in [0.5, 0.6) is 0 Å². The van der Waals surface area contributed by atoms with Crippen LogP contribution in [0.15, 0.2) is 22.7 Å². The second kappa shape index (κ2) is 8.73. The summed E-state index contributed by atoms with van der Waals surface area (Å²) >= 11 is 3.40. The molecular formula is C14H24BrN3O2S. The third-order valence-corrected chi connectivity index (χ3v) is 5.43. The second-order valence-electron chi connectivity index (χ2n) is 5.00. The summed E-state index contributed by atoms with van der Waals surface area (Å²) in [4.78, 5) is 0. The fraction of sp³-hybridized carbons (Fsp3) is 0.571. The highest BCUT2D eigenvalue weighted by molar-refractivity contribution is 9.10. The molecule has 120 valence electrons. The van der Waals surface area contributed by atoms with Crippen LogP contribution in [-0.2, 0) is 10.2 Å². The quantitative estimate of drug-likeness (QED) is 0.650. The van der Waals surface area contributed by atoms with Crippen LogP contribution in [0.25, 0.3) is 0 Å². The number of nitrogens with zero attached hydrogens (tertiary/aromatic N) is 1. The topological polar surface area (TPSA) is 61.4 Å². The van der Waals surface area contributed by atoms with E-state index < -0.39 is 10.2 Å². The third-order valence-electron chi connectivity index (χ3n) is 3.08. The maximum atomic E-state index is 12.2. The molecule has 5 nitrogen and oxygen atoms in total. The molecule has 0 saturated carbocycles. The molecule has 0 unspecified atom stereocenters. The molecule has 0 aliphatic carbocycles. The molecule has 0 amide bonds. The van der Waals surface area contributed by atoms with Gasteiger partial charge in [0, 0.05) is 18.1 Å². The van der Waals surface area contributed by atoms with Crippen LogP contribution in [0, 0.1) is 6.92 Å². The Hall–Kier alpha value is -0.630. The van der Waals surface area contributed by atoms with Gasteiger partial charge in [-0.25, -0.2) is 0 Å². The van der Waals surface area contributed by atoms with Gasteiger partial charge in [0.2, 0.25) is 0 Å². The Morgan fingerprint density at radius 3 is 2.62 bits per heavy atom. The first kappa shape index (κ1) is 18.4. The number of anilines is 1. The molecule has 21 heavy (non-hydrogen) atoms. The Labute approximate surface area is 136 Å². The van der Waals surface area contributed by atoms with E-state index in [1.165, 1.54) is 4.31 Å². The molecular weight excluding hydrogens is 354 g/mol. The van der Waals surface area contributed by atoms with Gasteiger partial charge in [-0.05, 0) is 50.6 Å². The van der Waals surface area contributed by atoms with Crippen molar-refractivity contribution in [1.29, 1.82) is 0 Å². The van der Waals surface area contributed by atoms with Crippen LogP contribution in [0.3, 0.4) is 0 Å². The first-order valence-electron chi connectivity index (χ1n) is 7.07. The first-order chi connectivity index (χ1) is 9.86. The molecule has 0 bridgehead atoms. The monoisotopic (exact) mass is 377 g/mol. The van der Waals surface area contributed by atoms with Crippen molar-refractivity contribution in [3.63, 3.8) is 0 Å². The van der Waals surface area contributed by atoms with Gasteiger partial charge in [-0.15, -0.1) is 0 Å². The Morgan fingerprint density at radius 1 is 1.29 bits per heavy atom. The summed E-state index contributed by atoms with van der Waals surface area (Å²) in [6.45, 7) is 6.33. The van der Waals surface area contributed by atoms with Gasteiger partial charge in [0.25, 0.3) is 0 Å². The molecule has 0 saturated heterocycles. The van der Waals surface area contributed by atoms with Gasteiger partial charge in [-0.2, -0.15) is 12.7 Å². The molecule has 0 aliphatic rings. The van der Waals surface area contributed by atoms with E-state index in [4.69, 9.17) is 0 Å². The summed E-state index contributed by atoms with van der Waals surface area (Å²) in [6, 6.07) is 5.40. The van der Waals surface area contributed by atoms with Crippen molar-refractivity contribution in [3.05, 3.63) is 28.2 Å². The van der Waals surface area contributed by atoms with E-state index in [1.54, 1.807) is 19.2 Å². The summed E-state index contributed by atoms with van der Waals surface area (Å²) in [7, 11) is -1.91. The first-order valence-corrected chi connectivity index (χ1v) is 9.31. The highest BCUT2D eigenvalue weighted by atomic mass is 79.9. The number of hydrogen-bond acceptors (Lipinski definition) is 3. The van der Waals surface area contributed by atoms with E-state index in [-0.39, 0.29) is 0 Å². The van der Waals surface area contributed by atoms with Crippen molar-refractivity contribution < 1.29 is 8.42 Å². The molecule has 0 fully saturated rings. The Balaban J connectivity index is 2.53. The zero-order chi connectivity index (χ0) is 15.9. The summed E-state index contributed by atoms with van der Waals surface area (Å²) in [5.74, 6) is 0. The SMILES string of the molecule is CCCNCCCN(C)S(=O)(=O)Nc1ccc(C)c(Br)c1. The van der Waals surface area contributed by atoms with Crippen LogP contribution >= 0.6 is 15.9 Å². The van der Waals surface area contributed by atoms with E-state index in [2.05, 4.69) is 32.9 Å². The molecule has 0 radical (unpaired) electrons. The van der Waals surface area contributed by atoms with E-state index in [9.17, 15) is 8.42 Å². The fourth-order valence-corrected chi connectivity index (χ4v) is 3.06. The minimum Gasteiger partial charge on any atom is -0.317 e. The standard InChI is InChI=1S/C14H24BrN3O2S/c1-4-8-16-9-5-10-18(3)21(19,20)17-13-7-6-12(2)14(15)11-13/h6-7,11,16-17H,4-5,8-10H2,1-3H3. The van der Waals surface area contributed by atoms with Gasteiger partial charge < -0.3 is 5.32 Å². The molecule has 0 spiro atoms. The fourth-order valence-electron chi connectivity index (χ4n) is 1.73. The van der Waals surface area contributed by atoms with E-state index >= 15 is 0 Å². The third kappa shape index (κ3) is 6.34. The van der Waals surface area contributed by atoms with Crippen molar-refractivity contribution in [2.45, 2.75) is 26.7 Å². The van der Waals surface area contributed by atoms with Crippen LogP contribution < -0.4 is 10.0 Å². The van der Waals surface area contributed by atoms with Crippen LogP contribution in [0.4, 0.5) is 5.69 Å². The van der Waals surface area contributed by atoms with Gasteiger partial charge in [0.15, 0.2) is 0 Å². The Morgan fingerprint density at radius 2 is 2.00 bits per heavy atom. The van der Waals surface area contributed by atoms with Gasteiger partial charge in [-0.3, -0.25) is 4.72 Å². The van der Waals surface area contributed by atoms with Crippen LogP contribution in [0.2, 0.25) is 0 Å². The number of halogens is 1. The predicted molar refractivity (Wildman–Crippen MR) is 91.8 cm³/mol. The van der Waals surface area contributed by atoms with Gasteiger partial charge in [0.05, 0.1) is 5.69 Å². The molecule has 1 rings (SSSR count). The number of hydrogen-bond donors (Lipinski definition) is 2. The molecule has 0 aromatic heterocycles. The van der Waals surface area contributed by atoms with Crippen molar-refractivity contribution in [3.8, 4) is 0 Å². The second-order valence-corrected chi connectivity index (χ2v) is 7.63. The van der Waals surface area contributed by atoms with Crippen LogP contribution in [-0.4, -0.2) is 39.4 Å². The average Bonchev–Trinajstić information content (AvgIpc) is 2.42. The molecule has 1 aromatic rings. The largest absolute Gasteiger partial charge is 0.317 e. The van der Waals surface area contributed by atoms with E-state index in [1.807, 2.05) is 13.0 Å². The molecule has 0 atom stereocenters. The predicted octanol–water partition coefficient (Wildman–Crippen LogP) is 2.74. The molecule has 0 heterocycles. The van der Waals surface area contributed by atoms with Gasteiger partial charge >= 0.3 is 10.2 Å². The lowest BCUT2D eigenvalue weighted by molar-refractivity contribution is 0.458. The minimum absolute atomic E-state index is 0.485. The highest BCUT2D eigenvalue weighted by Gasteiger charge is 2.17. The molecule has 1 aromatic carbocycles. The zero-order valence-corrected chi connectivity index (χ0v) is 15.2. The number of rotatable bonds is 9.